The van der Waals surface area contributed by atoms with Crippen LogP contribution in [-0.4, -0.2) is 27.8 Å². The summed E-state index contributed by atoms with van der Waals surface area (Å²) in [6.45, 7) is 2.71. The highest BCUT2D eigenvalue weighted by Crippen LogP contribution is 2.37. The van der Waals surface area contributed by atoms with Crippen molar-refractivity contribution in [3.8, 4) is 11.5 Å². The molecule has 0 saturated heterocycles. The molecule has 5 nitrogen and oxygen atoms in total. The average Bonchev–Trinajstić information content (AvgIpc) is 2.42. The number of fused-ring (bicyclic) bond motifs is 1. The average molecular weight is 334 g/mol. The van der Waals surface area contributed by atoms with E-state index in [1.807, 2.05) is 6.92 Å². The molecule has 118 valence electrons. The molecule has 0 spiro atoms. The molecule has 0 aliphatic heterocycles. The van der Waals surface area contributed by atoms with E-state index >= 15 is 0 Å². The van der Waals surface area contributed by atoms with Crippen molar-refractivity contribution in [2.45, 2.75) is 25.8 Å². The molecule has 0 aliphatic rings. The highest BCUT2D eigenvalue weighted by Gasteiger charge is 2.12. The summed E-state index contributed by atoms with van der Waals surface area (Å²) in [7, 11) is 0. The lowest BCUT2D eigenvalue weighted by molar-refractivity contribution is 0.408. The van der Waals surface area contributed by atoms with Crippen molar-refractivity contribution in [2.24, 2.45) is 5.73 Å². The molecule has 0 aliphatic carbocycles. The summed E-state index contributed by atoms with van der Waals surface area (Å²) in [5.74, 6) is -0.280. The van der Waals surface area contributed by atoms with E-state index in [0.717, 1.165) is 18.5 Å². The van der Waals surface area contributed by atoms with Crippen LogP contribution < -0.4 is 11.1 Å². The third-order valence-corrected chi connectivity index (χ3v) is 3.08. The van der Waals surface area contributed by atoms with Gasteiger partial charge in [0.15, 0.2) is 11.5 Å². The third kappa shape index (κ3) is 4.52. The predicted octanol–water partition coefficient (Wildman–Crippen LogP) is 3.03. The van der Waals surface area contributed by atoms with Crippen LogP contribution in [0.3, 0.4) is 0 Å². The van der Waals surface area contributed by atoms with Crippen molar-refractivity contribution >= 4 is 41.4 Å². The second kappa shape index (κ2) is 8.77. The fourth-order valence-electron chi connectivity index (χ4n) is 2.09. The van der Waals surface area contributed by atoms with E-state index in [4.69, 9.17) is 5.73 Å². The van der Waals surface area contributed by atoms with Gasteiger partial charge >= 0.3 is 0 Å². The Morgan fingerprint density at radius 1 is 1.33 bits per heavy atom. The van der Waals surface area contributed by atoms with E-state index in [1.54, 1.807) is 18.3 Å². The summed E-state index contributed by atoms with van der Waals surface area (Å²) in [6.07, 6.45) is 3.53. The maximum absolute atomic E-state index is 9.82. The Bertz CT molecular complexity index is 581. The van der Waals surface area contributed by atoms with Gasteiger partial charge in [0, 0.05) is 23.7 Å². The van der Waals surface area contributed by atoms with Crippen LogP contribution in [0.25, 0.3) is 10.9 Å². The molecule has 1 unspecified atom stereocenters. The molecule has 1 heterocycles. The van der Waals surface area contributed by atoms with Gasteiger partial charge in [0.05, 0.1) is 11.2 Å². The Hall–Kier alpha value is -1.43. The number of anilines is 1. The number of nitrogens with two attached hydrogens (primary N) is 1. The number of phenolic OH excluding ortho intramolecular Hbond substituents is 2. The Labute approximate surface area is 136 Å². The third-order valence-electron chi connectivity index (χ3n) is 3.08. The standard InChI is InChI=1S/C14H19N3O2.2ClH/c1-9(4-2-6-15)17-11-8-12(18)14(19)10-5-3-7-16-13(10)11;;/h3,5,7-9,17-19H,2,4,6,15H2,1H3;2*1H. The molecule has 5 N–H and O–H groups in total. The van der Waals surface area contributed by atoms with Crippen LogP contribution in [0.4, 0.5) is 5.69 Å². The zero-order chi connectivity index (χ0) is 13.8. The molecule has 0 bridgehead atoms. The molecule has 1 aromatic carbocycles. The molecule has 0 fully saturated rings. The number of rotatable bonds is 5. The molecule has 0 radical (unpaired) electrons. The summed E-state index contributed by atoms with van der Waals surface area (Å²) >= 11 is 0. The molecular formula is C14H21Cl2N3O2. The highest BCUT2D eigenvalue weighted by molar-refractivity contribution is 5.96. The Morgan fingerprint density at radius 2 is 2.05 bits per heavy atom. The van der Waals surface area contributed by atoms with Crippen molar-refractivity contribution in [2.75, 3.05) is 11.9 Å². The Kier molecular flexibility index (Phi) is 8.17. The first-order valence-electron chi connectivity index (χ1n) is 6.39. The van der Waals surface area contributed by atoms with Gasteiger partial charge in [-0.3, -0.25) is 4.98 Å². The Morgan fingerprint density at radius 3 is 2.71 bits per heavy atom. The van der Waals surface area contributed by atoms with Gasteiger partial charge in [-0.25, -0.2) is 0 Å². The predicted molar refractivity (Wildman–Crippen MR) is 90.9 cm³/mol. The first-order chi connectivity index (χ1) is 9.13. The van der Waals surface area contributed by atoms with Crippen LogP contribution in [0.1, 0.15) is 19.8 Å². The van der Waals surface area contributed by atoms with Gasteiger partial charge in [-0.1, -0.05) is 0 Å². The number of aromatic nitrogens is 1. The minimum atomic E-state index is -0.144. The van der Waals surface area contributed by atoms with Gasteiger partial charge in [-0.15, -0.1) is 24.8 Å². The normalized spacial score (nSPS) is 11.3. The lowest BCUT2D eigenvalue weighted by Gasteiger charge is -2.17. The van der Waals surface area contributed by atoms with Crippen molar-refractivity contribution in [3.05, 3.63) is 24.4 Å². The second-order valence-corrected chi connectivity index (χ2v) is 4.67. The number of halogens is 2. The lowest BCUT2D eigenvalue weighted by Crippen LogP contribution is -2.17. The summed E-state index contributed by atoms with van der Waals surface area (Å²) in [5.41, 5.74) is 6.86. The van der Waals surface area contributed by atoms with Crippen LogP contribution in [0, 0.1) is 0 Å². The number of aromatic hydroxyl groups is 2. The van der Waals surface area contributed by atoms with Gasteiger partial charge in [-0.2, -0.15) is 0 Å². The maximum atomic E-state index is 9.82. The first kappa shape index (κ1) is 19.6. The molecule has 1 atom stereocenters. The van der Waals surface area contributed by atoms with Crippen molar-refractivity contribution in [1.29, 1.82) is 0 Å². The number of hydrogen-bond donors (Lipinski definition) is 4. The van der Waals surface area contributed by atoms with Crippen LogP contribution >= 0.6 is 24.8 Å². The number of benzene rings is 1. The quantitative estimate of drug-likeness (QED) is 0.498. The van der Waals surface area contributed by atoms with Gasteiger partial charge in [0.2, 0.25) is 0 Å². The van der Waals surface area contributed by atoms with Crippen LogP contribution in [0.2, 0.25) is 0 Å². The number of nitrogens with zero attached hydrogens (tertiary/aromatic N) is 1. The molecule has 2 aromatic rings. The molecular weight excluding hydrogens is 313 g/mol. The topological polar surface area (TPSA) is 91.4 Å². The fourth-order valence-corrected chi connectivity index (χ4v) is 2.09. The molecule has 1 aromatic heterocycles. The van der Waals surface area contributed by atoms with Crippen molar-refractivity contribution < 1.29 is 10.2 Å². The van der Waals surface area contributed by atoms with Crippen molar-refractivity contribution in [3.63, 3.8) is 0 Å². The smallest absolute Gasteiger partial charge is 0.167 e. The van der Waals surface area contributed by atoms with Crippen LogP contribution in [0.5, 0.6) is 11.5 Å². The van der Waals surface area contributed by atoms with Crippen LogP contribution in [-0.2, 0) is 0 Å². The number of pyridine rings is 1. The van der Waals surface area contributed by atoms with Crippen molar-refractivity contribution in [1.82, 2.24) is 4.98 Å². The molecule has 7 heteroatoms. The summed E-state index contributed by atoms with van der Waals surface area (Å²) in [6, 6.07) is 5.18. The minimum absolute atomic E-state index is 0. The monoisotopic (exact) mass is 333 g/mol. The van der Waals surface area contributed by atoms with Gasteiger partial charge in [0.25, 0.3) is 0 Å². The highest BCUT2D eigenvalue weighted by atomic mass is 35.5. The molecule has 21 heavy (non-hydrogen) atoms. The molecule has 2 rings (SSSR count). The Balaban J connectivity index is 0.00000200. The van der Waals surface area contributed by atoms with E-state index in [1.165, 1.54) is 6.07 Å². The molecule has 0 saturated carbocycles. The number of nitrogens with one attached hydrogen (secondary N) is 1. The number of hydrogen-bond acceptors (Lipinski definition) is 5. The SMILES string of the molecule is CC(CCCN)Nc1cc(O)c(O)c2cccnc12.Cl.Cl. The van der Waals surface area contributed by atoms with Gasteiger partial charge < -0.3 is 21.3 Å². The van der Waals surface area contributed by atoms with Gasteiger partial charge in [0.1, 0.15) is 0 Å². The summed E-state index contributed by atoms with van der Waals surface area (Å²) in [5, 5.41) is 23.4. The zero-order valence-corrected chi connectivity index (χ0v) is 13.4. The molecule has 0 amide bonds. The fraction of sp³-hybridized carbons (Fsp3) is 0.357. The largest absolute Gasteiger partial charge is 0.504 e. The first-order valence-corrected chi connectivity index (χ1v) is 6.39. The van der Waals surface area contributed by atoms with Gasteiger partial charge in [-0.05, 0) is 38.4 Å². The summed E-state index contributed by atoms with van der Waals surface area (Å²) in [4.78, 5) is 4.26. The van der Waals surface area contributed by atoms with E-state index < -0.39 is 0 Å². The summed E-state index contributed by atoms with van der Waals surface area (Å²) < 4.78 is 0. The maximum Gasteiger partial charge on any atom is 0.167 e. The van der Waals surface area contributed by atoms with Crippen LogP contribution in [0.15, 0.2) is 24.4 Å². The number of phenols is 2. The van der Waals surface area contributed by atoms with E-state index in [-0.39, 0.29) is 42.4 Å². The van der Waals surface area contributed by atoms with E-state index in [2.05, 4.69) is 10.3 Å². The lowest BCUT2D eigenvalue weighted by atomic mass is 10.1. The van der Waals surface area contributed by atoms with E-state index in [0.29, 0.717) is 17.4 Å². The minimum Gasteiger partial charge on any atom is -0.504 e. The van der Waals surface area contributed by atoms with E-state index in [9.17, 15) is 10.2 Å². The second-order valence-electron chi connectivity index (χ2n) is 4.67. The zero-order valence-electron chi connectivity index (χ0n) is 11.7.